The Morgan fingerprint density at radius 3 is 2.50 bits per heavy atom. The van der Waals surface area contributed by atoms with Gasteiger partial charge in [0.2, 0.25) is 0 Å². The molecule has 0 bridgehead atoms. The molecule has 1 amide bonds. The zero-order valence-electron chi connectivity index (χ0n) is 20.8. The van der Waals surface area contributed by atoms with E-state index in [-0.39, 0.29) is 6.42 Å². The van der Waals surface area contributed by atoms with E-state index in [1.807, 2.05) is 82.4 Å². The summed E-state index contributed by atoms with van der Waals surface area (Å²) in [7, 11) is 1.87. The summed E-state index contributed by atoms with van der Waals surface area (Å²) < 4.78 is 7.11. The molecule has 186 valence electrons. The van der Waals surface area contributed by atoms with E-state index in [9.17, 15) is 14.7 Å². The molecule has 8 heteroatoms. The molecule has 0 fully saturated rings. The van der Waals surface area contributed by atoms with Crippen molar-refractivity contribution in [3.63, 3.8) is 0 Å². The third-order valence-electron chi connectivity index (χ3n) is 5.56. The maximum absolute atomic E-state index is 12.0. The second-order valence-corrected chi connectivity index (χ2v) is 9.61. The van der Waals surface area contributed by atoms with Gasteiger partial charge in [-0.15, -0.1) is 0 Å². The van der Waals surface area contributed by atoms with Gasteiger partial charge in [0.1, 0.15) is 5.60 Å². The van der Waals surface area contributed by atoms with Crippen LogP contribution in [0.1, 0.15) is 31.9 Å². The number of amides is 1. The maximum Gasteiger partial charge on any atom is 0.407 e. The Balaban J connectivity index is 1.60. The number of carbonyl (C=O) groups is 2. The molecular formula is C28H30N4O4. The summed E-state index contributed by atoms with van der Waals surface area (Å²) in [5.74, 6) is -0.242. The van der Waals surface area contributed by atoms with Gasteiger partial charge in [-0.2, -0.15) is 5.10 Å². The zero-order chi connectivity index (χ0) is 25.9. The number of alkyl carbamates (subject to hydrolysis) is 1. The van der Waals surface area contributed by atoms with Crippen LogP contribution in [0.4, 0.5) is 16.3 Å². The highest BCUT2D eigenvalue weighted by molar-refractivity contribution is 5.95. The number of aliphatic carboxylic acids is 1. The fourth-order valence-corrected chi connectivity index (χ4v) is 3.97. The minimum Gasteiger partial charge on any atom is -0.481 e. The molecule has 0 radical (unpaired) electrons. The van der Waals surface area contributed by atoms with Gasteiger partial charge < -0.3 is 20.5 Å². The van der Waals surface area contributed by atoms with E-state index >= 15 is 0 Å². The Hall–Kier alpha value is -4.33. The van der Waals surface area contributed by atoms with Crippen molar-refractivity contribution in [2.24, 2.45) is 7.05 Å². The highest BCUT2D eigenvalue weighted by Gasteiger charge is 2.16. The minimum atomic E-state index is -0.890. The van der Waals surface area contributed by atoms with Crippen LogP contribution < -0.4 is 10.6 Å². The number of aromatic nitrogens is 2. The molecule has 1 heterocycles. The molecule has 0 saturated carbocycles. The lowest BCUT2D eigenvalue weighted by atomic mass is 10.0. The second-order valence-electron chi connectivity index (χ2n) is 9.61. The van der Waals surface area contributed by atoms with Gasteiger partial charge in [0.05, 0.1) is 11.9 Å². The van der Waals surface area contributed by atoms with Gasteiger partial charge in [-0.05, 0) is 67.3 Å². The number of carboxylic acid groups (broad SMARTS) is 1. The molecule has 0 unspecified atom stereocenters. The molecular weight excluding hydrogens is 456 g/mol. The van der Waals surface area contributed by atoms with Crippen LogP contribution >= 0.6 is 0 Å². The van der Waals surface area contributed by atoms with Gasteiger partial charge in [0.25, 0.3) is 0 Å². The number of para-hydroxylation sites is 1. The number of hydrogen-bond acceptors (Lipinski definition) is 5. The fourth-order valence-electron chi connectivity index (χ4n) is 3.97. The number of fused-ring (bicyclic) bond motifs is 1. The Bertz CT molecular complexity index is 1420. The molecule has 3 N–H and O–H groups in total. The molecule has 0 aliphatic heterocycles. The average molecular weight is 487 g/mol. The van der Waals surface area contributed by atoms with Gasteiger partial charge in [-0.3, -0.25) is 9.48 Å². The Morgan fingerprint density at radius 2 is 1.75 bits per heavy atom. The predicted octanol–water partition coefficient (Wildman–Crippen LogP) is 5.64. The van der Waals surface area contributed by atoms with Crippen molar-refractivity contribution in [2.75, 3.05) is 5.32 Å². The number of nitrogens with zero attached hydrogens (tertiary/aromatic N) is 2. The molecule has 0 aliphatic rings. The van der Waals surface area contributed by atoms with Gasteiger partial charge in [-0.25, -0.2) is 4.79 Å². The van der Waals surface area contributed by atoms with E-state index in [2.05, 4.69) is 21.8 Å². The number of carbonyl (C=O) groups excluding carboxylic acids is 1. The summed E-state index contributed by atoms with van der Waals surface area (Å²) in [6.45, 7) is 5.84. The Labute approximate surface area is 209 Å². The summed E-state index contributed by atoms with van der Waals surface area (Å²) in [5.41, 5.74) is 4.74. The molecule has 0 atom stereocenters. The van der Waals surface area contributed by atoms with Crippen LogP contribution in [0.25, 0.3) is 22.0 Å². The van der Waals surface area contributed by atoms with Crippen molar-refractivity contribution in [3.8, 4) is 11.1 Å². The Morgan fingerprint density at radius 1 is 1.00 bits per heavy atom. The molecule has 0 aliphatic carbocycles. The van der Waals surface area contributed by atoms with E-state index in [1.165, 1.54) is 0 Å². The SMILES string of the molecule is Cn1nc(Nc2ccccc2CC(=O)O)c2cc(-c3cccc(CNC(=O)OC(C)(C)C)c3)ccc21. The summed E-state index contributed by atoms with van der Waals surface area (Å²) >= 11 is 0. The number of ether oxygens (including phenoxy) is 1. The number of anilines is 2. The van der Waals surface area contributed by atoms with Gasteiger partial charge >= 0.3 is 12.1 Å². The van der Waals surface area contributed by atoms with Gasteiger partial charge in [-0.1, -0.05) is 42.5 Å². The van der Waals surface area contributed by atoms with Crippen molar-refractivity contribution in [1.82, 2.24) is 15.1 Å². The highest BCUT2D eigenvalue weighted by atomic mass is 16.6. The van der Waals surface area contributed by atoms with Crippen molar-refractivity contribution >= 4 is 34.5 Å². The van der Waals surface area contributed by atoms with Gasteiger partial charge in [0, 0.05) is 24.7 Å². The van der Waals surface area contributed by atoms with Crippen LogP contribution in [0.3, 0.4) is 0 Å². The molecule has 36 heavy (non-hydrogen) atoms. The normalized spacial score (nSPS) is 11.3. The lowest BCUT2D eigenvalue weighted by Gasteiger charge is -2.19. The topological polar surface area (TPSA) is 105 Å². The first kappa shape index (κ1) is 24.8. The van der Waals surface area contributed by atoms with Crippen LogP contribution in [-0.4, -0.2) is 32.6 Å². The van der Waals surface area contributed by atoms with E-state index in [1.54, 1.807) is 10.7 Å². The number of nitrogens with one attached hydrogen (secondary N) is 2. The smallest absolute Gasteiger partial charge is 0.407 e. The molecule has 0 saturated heterocycles. The molecule has 4 aromatic rings. The van der Waals surface area contributed by atoms with Crippen molar-refractivity contribution < 1.29 is 19.4 Å². The summed E-state index contributed by atoms with van der Waals surface area (Å²) in [5, 5.41) is 20.9. The number of benzene rings is 3. The maximum atomic E-state index is 12.0. The fraction of sp³-hybridized carbons (Fsp3) is 0.250. The van der Waals surface area contributed by atoms with Crippen LogP contribution in [-0.2, 0) is 29.5 Å². The van der Waals surface area contributed by atoms with Crippen LogP contribution in [0.15, 0.2) is 66.7 Å². The van der Waals surface area contributed by atoms with Crippen molar-refractivity contribution in [3.05, 3.63) is 77.9 Å². The van der Waals surface area contributed by atoms with E-state index in [0.29, 0.717) is 23.6 Å². The summed E-state index contributed by atoms with van der Waals surface area (Å²) in [6, 6.07) is 21.4. The summed E-state index contributed by atoms with van der Waals surface area (Å²) in [4.78, 5) is 23.3. The Kier molecular flexibility index (Phi) is 6.96. The third kappa shape index (κ3) is 6.02. The first-order valence-electron chi connectivity index (χ1n) is 11.7. The highest BCUT2D eigenvalue weighted by Crippen LogP contribution is 2.31. The number of hydrogen-bond donors (Lipinski definition) is 3. The van der Waals surface area contributed by atoms with E-state index in [0.717, 1.165) is 27.6 Å². The molecule has 3 aromatic carbocycles. The lowest BCUT2D eigenvalue weighted by molar-refractivity contribution is -0.136. The molecule has 8 nitrogen and oxygen atoms in total. The van der Waals surface area contributed by atoms with Gasteiger partial charge in [0.15, 0.2) is 5.82 Å². The first-order valence-corrected chi connectivity index (χ1v) is 11.7. The zero-order valence-corrected chi connectivity index (χ0v) is 20.8. The quantitative estimate of drug-likeness (QED) is 0.312. The first-order chi connectivity index (χ1) is 17.1. The molecule has 1 aromatic heterocycles. The second kappa shape index (κ2) is 10.1. The van der Waals surface area contributed by atoms with Crippen LogP contribution in [0.5, 0.6) is 0 Å². The largest absolute Gasteiger partial charge is 0.481 e. The van der Waals surface area contributed by atoms with Crippen LogP contribution in [0.2, 0.25) is 0 Å². The van der Waals surface area contributed by atoms with E-state index < -0.39 is 17.7 Å². The minimum absolute atomic E-state index is 0.0800. The number of rotatable bonds is 7. The average Bonchev–Trinajstić information content (AvgIpc) is 3.12. The monoisotopic (exact) mass is 486 g/mol. The molecule has 4 rings (SSSR count). The third-order valence-corrected chi connectivity index (χ3v) is 5.56. The standard InChI is InChI=1S/C28H30N4O4/c1-28(2,3)36-27(35)29-17-18-8-7-10-19(14-18)20-12-13-24-22(15-20)26(31-32(24)4)30-23-11-6-5-9-21(23)16-25(33)34/h5-15H,16-17H2,1-4H3,(H,29,35)(H,30,31)(H,33,34). The number of carboxylic acids is 1. The lowest BCUT2D eigenvalue weighted by Crippen LogP contribution is -2.32. The van der Waals surface area contributed by atoms with Crippen molar-refractivity contribution in [2.45, 2.75) is 39.3 Å². The van der Waals surface area contributed by atoms with Crippen LogP contribution in [0, 0.1) is 0 Å². The predicted molar refractivity (Wildman–Crippen MR) is 140 cm³/mol. The number of aryl methyl sites for hydroxylation is 1. The summed E-state index contributed by atoms with van der Waals surface area (Å²) in [6.07, 6.45) is -0.535. The van der Waals surface area contributed by atoms with E-state index in [4.69, 9.17) is 4.74 Å². The molecule has 0 spiro atoms. The van der Waals surface area contributed by atoms with Crippen molar-refractivity contribution in [1.29, 1.82) is 0 Å².